The lowest BCUT2D eigenvalue weighted by atomic mass is 10.1. The third-order valence-corrected chi connectivity index (χ3v) is 2.98. The standard InChI is InChI=1S/C17H19N/c1-14-7-9-16(10-8-14)11-12-18(3)17-6-4-5-15(2)13-17/h4-13H,1-3H3/b12-11+. The van der Waals surface area contributed by atoms with Crippen LogP contribution in [0.25, 0.3) is 6.08 Å². The van der Waals surface area contributed by atoms with E-state index in [0.717, 1.165) is 0 Å². The minimum atomic E-state index is 1.21. The summed E-state index contributed by atoms with van der Waals surface area (Å²) in [6.45, 7) is 4.22. The number of hydrogen-bond acceptors (Lipinski definition) is 1. The summed E-state index contributed by atoms with van der Waals surface area (Å²) >= 11 is 0. The fourth-order valence-corrected chi connectivity index (χ4v) is 1.81. The Bertz CT molecular complexity index is 538. The summed E-state index contributed by atoms with van der Waals surface area (Å²) in [4.78, 5) is 2.13. The molecule has 0 heterocycles. The molecule has 1 heteroatoms. The second-order valence-corrected chi connectivity index (χ2v) is 4.68. The van der Waals surface area contributed by atoms with E-state index in [9.17, 15) is 0 Å². The van der Waals surface area contributed by atoms with Crippen LogP contribution in [0.3, 0.4) is 0 Å². The molecule has 0 N–H and O–H groups in total. The van der Waals surface area contributed by atoms with Crippen molar-refractivity contribution in [2.24, 2.45) is 0 Å². The number of rotatable bonds is 3. The molecule has 0 aliphatic heterocycles. The lowest BCUT2D eigenvalue weighted by Gasteiger charge is -2.14. The minimum Gasteiger partial charge on any atom is -0.351 e. The van der Waals surface area contributed by atoms with Crippen LogP contribution < -0.4 is 4.90 Å². The summed E-state index contributed by atoms with van der Waals surface area (Å²) in [6.07, 6.45) is 4.22. The SMILES string of the molecule is Cc1ccc(/C=C/N(C)c2cccc(C)c2)cc1. The molecule has 1 nitrogen and oxygen atoms in total. The Morgan fingerprint density at radius 2 is 1.61 bits per heavy atom. The molecule has 0 atom stereocenters. The Morgan fingerprint density at radius 1 is 0.889 bits per heavy atom. The predicted octanol–water partition coefficient (Wildman–Crippen LogP) is 4.41. The van der Waals surface area contributed by atoms with Crippen LogP contribution in [-0.4, -0.2) is 7.05 Å². The molecule has 0 fully saturated rings. The van der Waals surface area contributed by atoms with E-state index in [0.29, 0.717) is 0 Å². The van der Waals surface area contributed by atoms with Gasteiger partial charge >= 0.3 is 0 Å². The van der Waals surface area contributed by atoms with Crippen molar-refractivity contribution in [3.63, 3.8) is 0 Å². The molecule has 92 valence electrons. The topological polar surface area (TPSA) is 3.24 Å². The smallest absolute Gasteiger partial charge is 0.0406 e. The normalized spacial score (nSPS) is 10.8. The summed E-state index contributed by atoms with van der Waals surface area (Å²) in [5.41, 5.74) is 5.00. The van der Waals surface area contributed by atoms with Gasteiger partial charge in [0.15, 0.2) is 0 Å². The zero-order valence-corrected chi connectivity index (χ0v) is 11.2. The van der Waals surface area contributed by atoms with Crippen molar-refractivity contribution in [1.82, 2.24) is 0 Å². The maximum absolute atomic E-state index is 2.18. The molecule has 0 aromatic heterocycles. The van der Waals surface area contributed by atoms with Gasteiger partial charge in [-0.05, 0) is 43.2 Å². The molecule has 0 radical (unpaired) electrons. The van der Waals surface area contributed by atoms with Gasteiger partial charge in [-0.3, -0.25) is 0 Å². The lowest BCUT2D eigenvalue weighted by molar-refractivity contribution is 1.20. The molecule has 0 bridgehead atoms. The van der Waals surface area contributed by atoms with Gasteiger partial charge in [-0.15, -0.1) is 0 Å². The zero-order valence-electron chi connectivity index (χ0n) is 11.2. The van der Waals surface area contributed by atoms with Crippen LogP contribution in [0.1, 0.15) is 16.7 Å². The average molecular weight is 237 g/mol. The monoisotopic (exact) mass is 237 g/mol. The zero-order chi connectivity index (χ0) is 13.0. The molecule has 18 heavy (non-hydrogen) atoms. The Balaban J connectivity index is 2.11. The molecule has 0 aliphatic rings. The largest absolute Gasteiger partial charge is 0.351 e. The third-order valence-electron chi connectivity index (χ3n) is 2.98. The summed E-state index contributed by atoms with van der Waals surface area (Å²) in [6, 6.07) is 17.0. The second kappa shape index (κ2) is 5.54. The van der Waals surface area contributed by atoms with E-state index >= 15 is 0 Å². The highest BCUT2D eigenvalue weighted by Crippen LogP contribution is 2.15. The first-order valence-electron chi connectivity index (χ1n) is 6.19. The summed E-state index contributed by atoms with van der Waals surface area (Å²) in [5, 5.41) is 0. The van der Waals surface area contributed by atoms with Crippen molar-refractivity contribution >= 4 is 11.8 Å². The summed E-state index contributed by atoms with van der Waals surface area (Å²) in [5.74, 6) is 0. The predicted molar refractivity (Wildman–Crippen MR) is 79.8 cm³/mol. The second-order valence-electron chi connectivity index (χ2n) is 4.68. The van der Waals surface area contributed by atoms with E-state index < -0.39 is 0 Å². The van der Waals surface area contributed by atoms with Gasteiger partial charge in [0.25, 0.3) is 0 Å². The summed E-state index contributed by atoms with van der Waals surface area (Å²) < 4.78 is 0. The number of nitrogens with zero attached hydrogens (tertiary/aromatic N) is 1. The van der Waals surface area contributed by atoms with Gasteiger partial charge in [0, 0.05) is 18.9 Å². The fraction of sp³-hybridized carbons (Fsp3) is 0.176. The molecule has 0 saturated carbocycles. The van der Waals surface area contributed by atoms with Crippen molar-refractivity contribution in [3.8, 4) is 0 Å². The fourth-order valence-electron chi connectivity index (χ4n) is 1.81. The van der Waals surface area contributed by atoms with Crippen LogP contribution in [-0.2, 0) is 0 Å². The number of aryl methyl sites for hydroxylation is 2. The minimum absolute atomic E-state index is 1.21. The highest BCUT2D eigenvalue weighted by molar-refractivity contribution is 5.57. The highest BCUT2D eigenvalue weighted by atomic mass is 15.1. The van der Waals surface area contributed by atoms with Crippen LogP contribution in [0, 0.1) is 13.8 Å². The first-order chi connectivity index (χ1) is 8.65. The van der Waals surface area contributed by atoms with E-state index in [1.807, 2.05) is 0 Å². The van der Waals surface area contributed by atoms with Gasteiger partial charge in [-0.25, -0.2) is 0 Å². The van der Waals surface area contributed by atoms with Crippen LogP contribution in [0.2, 0.25) is 0 Å². The molecule has 0 spiro atoms. The van der Waals surface area contributed by atoms with Crippen LogP contribution in [0.15, 0.2) is 54.7 Å². The van der Waals surface area contributed by atoms with E-state index in [1.54, 1.807) is 0 Å². The Kier molecular flexibility index (Phi) is 3.83. The van der Waals surface area contributed by atoms with Gasteiger partial charge in [0.1, 0.15) is 0 Å². The Morgan fingerprint density at radius 3 is 2.28 bits per heavy atom. The van der Waals surface area contributed by atoms with Crippen molar-refractivity contribution in [1.29, 1.82) is 0 Å². The van der Waals surface area contributed by atoms with Crippen LogP contribution in [0.4, 0.5) is 5.69 Å². The maximum Gasteiger partial charge on any atom is 0.0406 e. The lowest BCUT2D eigenvalue weighted by Crippen LogP contribution is -2.07. The summed E-state index contributed by atoms with van der Waals surface area (Å²) in [7, 11) is 2.07. The van der Waals surface area contributed by atoms with Crippen molar-refractivity contribution in [2.45, 2.75) is 13.8 Å². The third kappa shape index (κ3) is 3.24. The van der Waals surface area contributed by atoms with Crippen molar-refractivity contribution < 1.29 is 0 Å². The van der Waals surface area contributed by atoms with Crippen LogP contribution in [0.5, 0.6) is 0 Å². The first-order valence-corrected chi connectivity index (χ1v) is 6.19. The van der Waals surface area contributed by atoms with E-state index in [1.165, 1.54) is 22.4 Å². The Labute approximate surface area is 109 Å². The molecular formula is C17H19N. The van der Waals surface area contributed by atoms with Gasteiger partial charge in [-0.2, -0.15) is 0 Å². The van der Waals surface area contributed by atoms with Crippen molar-refractivity contribution in [2.75, 3.05) is 11.9 Å². The maximum atomic E-state index is 2.18. The molecule has 0 saturated heterocycles. The molecule has 2 aromatic rings. The molecule has 0 aliphatic carbocycles. The highest BCUT2D eigenvalue weighted by Gasteiger charge is 1.96. The van der Waals surface area contributed by atoms with Crippen LogP contribution >= 0.6 is 0 Å². The first kappa shape index (κ1) is 12.4. The van der Waals surface area contributed by atoms with Gasteiger partial charge < -0.3 is 4.90 Å². The van der Waals surface area contributed by atoms with E-state index in [-0.39, 0.29) is 0 Å². The number of anilines is 1. The van der Waals surface area contributed by atoms with Crippen molar-refractivity contribution in [3.05, 3.63) is 71.4 Å². The molecule has 0 amide bonds. The van der Waals surface area contributed by atoms with E-state index in [4.69, 9.17) is 0 Å². The molecule has 0 unspecified atom stereocenters. The Hall–Kier alpha value is -2.02. The quantitative estimate of drug-likeness (QED) is 0.764. The molecular weight excluding hydrogens is 218 g/mol. The molecule has 2 rings (SSSR count). The van der Waals surface area contributed by atoms with Gasteiger partial charge in [0.2, 0.25) is 0 Å². The average Bonchev–Trinajstić information content (AvgIpc) is 2.38. The van der Waals surface area contributed by atoms with Gasteiger partial charge in [0.05, 0.1) is 0 Å². The molecule has 2 aromatic carbocycles. The van der Waals surface area contributed by atoms with Gasteiger partial charge in [-0.1, -0.05) is 42.0 Å². The van der Waals surface area contributed by atoms with E-state index in [2.05, 4.69) is 86.6 Å². The number of benzene rings is 2. The number of hydrogen-bond donors (Lipinski definition) is 0.